The first-order valence-corrected chi connectivity index (χ1v) is 11.6. The maximum atomic E-state index is 14.0. The van der Waals surface area contributed by atoms with Gasteiger partial charge in [-0.05, 0) is 49.1 Å². The monoisotopic (exact) mass is 437 g/mol. The molecule has 10 heteroatoms. The number of benzene rings is 1. The second-order valence-corrected chi connectivity index (χ2v) is 9.79. The summed E-state index contributed by atoms with van der Waals surface area (Å²) in [6.45, 7) is 5.31. The van der Waals surface area contributed by atoms with Crippen LogP contribution in [0.15, 0.2) is 35.2 Å². The third-order valence-electron chi connectivity index (χ3n) is 5.82. The van der Waals surface area contributed by atoms with Gasteiger partial charge in [-0.15, -0.1) is 10.2 Å². The van der Waals surface area contributed by atoms with Crippen molar-refractivity contribution >= 4 is 21.7 Å². The molecule has 0 atom stereocenters. The molecule has 7 nitrogen and oxygen atoms in total. The van der Waals surface area contributed by atoms with E-state index in [1.54, 1.807) is 0 Å². The summed E-state index contributed by atoms with van der Waals surface area (Å²) in [6.07, 6.45) is 2.29. The number of rotatable bonds is 4. The number of sulfonamides is 1. The SMILES string of the molecule is CC1CCN(c2ccc(N3CCN(S(=O)(=O)c4cc(F)ccc4F)CC3)nn2)CC1. The van der Waals surface area contributed by atoms with Gasteiger partial charge in [0.2, 0.25) is 10.0 Å². The highest BCUT2D eigenvalue weighted by Crippen LogP contribution is 2.25. The predicted octanol–water partition coefficient (Wildman–Crippen LogP) is 2.50. The van der Waals surface area contributed by atoms with Crippen LogP contribution in [0, 0.1) is 17.6 Å². The minimum Gasteiger partial charge on any atom is -0.355 e. The first-order chi connectivity index (χ1) is 14.3. The fourth-order valence-electron chi connectivity index (χ4n) is 3.86. The van der Waals surface area contributed by atoms with E-state index in [1.165, 1.54) is 4.31 Å². The average Bonchev–Trinajstić information content (AvgIpc) is 2.76. The van der Waals surface area contributed by atoms with Gasteiger partial charge in [-0.3, -0.25) is 0 Å². The lowest BCUT2D eigenvalue weighted by Crippen LogP contribution is -2.49. The van der Waals surface area contributed by atoms with Crippen molar-refractivity contribution in [3.63, 3.8) is 0 Å². The molecule has 0 amide bonds. The number of piperidine rings is 1. The van der Waals surface area contributed by atoms with Gasteiger partial charge < -0.3 is 9.80 Å². The summed E-state index contributed by atoms with van der Waals surface area (Å²) < 4.78 is 54.0. The highest BCUT2D eigenvalue weighted by Gasteiger charge is 2.31. The van der Waals surface area contributed by atoms with E-state index in [4.69, 9.17) is 0 Å². The molecule has 2 aliphatic heterocycles. The normalized spacial score (nSPS) is 19.3. The summed E-state index contributed by atoms with van der Waals surface area (Å²) >= 11 is 0. The van der Waals surface area contributed by atoms with Crippen molar-refractivity contribution in [2.75, 3.05) is 49.1 Å². The molecule has 0 bridgehead atoms. The van der Waals surface area contributed by atoms with Gasteiger partial charge in [0.1, 0.15) is 16.5 Å². The zero-order valence-electron chi connectivity index (χ0n) is 16.8. The first-order valence-electron chi connectivity index (χ1n) is 10.1. The third kappa shape index (κ3) is 4.24. The highest BCUT2D eigenvalue weighted by atomic mass is 32.2. The van der Waals surface area contributed by atoms with Gasteiger partial charge in [0.25, 0.3) is 0 Å². The lowest BCUT2D eigenvalue weighted by molar-refractivity contribution is 0.380. The van der Waals surface area contributed by atoms with Crippen molar-refractivity contribution in [2.45, 2.75) is 24.7 Å². The van der Waals surface area contributed by atoms with Crippen LogP contribution in [0.25, 0.3) is 0 Å². The number of halogens is 2. The van der Waals surface area contributed by atoms with Crippen LogP contribution < -0.4 is 9.80 Å². The molecular formula is C20H25F2N5O2S. The fraction of sp³-hybridized carbons (Fsp3) is 0.500. The molecule has 162 valence electrons. The fourth-order valence-corrected chi connectivity index (χ4v) is 5.36. The predicted molar refractivity (Wildman–Crippen MR) is 110 cm³/mol. The summed E-state index contributed by atoms with van der Waals surface area (Å²) in [5, 5.41) is 8.67. The maximum Gasteiger partial charge on any atom is 0.246 e. The molecule has 0 spiro atoms. The van der Waals surface area contributed by atoms with Gasteiger partial charge in [0.05, 0.1) is 0 Å². The van der Waals surface area contributed by atoms with Gasteiger partial charge in [-0.2, -0.15) is 4.31 Å². The molecule has 2 saturated heterocycles. The van der Waals surface area contributed by atoms with Crippen molar-refractivity contribution in [3.8, 4) is 0 Å². The second kappa shape index (κ2) is 8.43. The molecule has 0 radical (unpaired) electrons. The van der Waals surface area contributed by atoms with Crippen LogP contribution in [0.4, 0.5) is 20.4 Å². The number of hydrogen-bond acceptors (Lipinski definition) is 6. The van der Waals surface area contributed by atoms with Crippen LogP contribution >= 0.6 is 0 Å². The summed E-state index contributed by atoms with van der Waals surface area (Å²) in [5.41, 5.74) is 0. The Morgan fingerprint density at radius 3 is 2.00 bits per heavy atom. The van der Waals surface area contributed by atoms with Gasteiger partial charge in [0.15, 0.2) is 11.6 Å². The molecule has 0 unspecified atom stereocenters. The van der Waals surface area contributed by atoms with E-state index in [0.29, 0.717) is 18.9 Å². The first kappa shape index (κ1) is 20.9. The minimum absolute atomic E-state index is 0.158. The van der Waals surface area contributed by atoms with E-state index >= 15 is 0 Å². The molecule has 0 aliphatic carbocycles. The lowest BCUT2D eigenvalue weighted by atomic mass is 9.99. The summed E-state index contributed by atoms with van der Waals surface area (Å²) in [5.74, 6) is 0.535. The smallest absolute Gasteiger partial charge is 0.246 e. The van der Waals surface area contributed by atoms with Crippen LogP contribution in [-0.2, 0) is 10.0 Å². The van der Waals surface area contributed by atoms with Crippen molar-refractivity contribution in [1.29, 1.82) is 0 Å². The number of anilines is 2. The average molecular weight is 438 g/mol. The van der Waals surface area contributed by atoms with E-state index in [2.05, 4.69) is 22.0 Å². The van der Waals surface area contributed by atoms with Gasteiger partial charge in [0, 0.05) is 39.3 Å². The number of piperazine rings is 1. The molecule has 1 aromatic heterocycles. The molecular weight excluding hydrogens is 412 g/mol. The number of nitrogens with zero attached hydrogens (tertiary/aromatic N) is 5. The van der Waals surface area contributed by atoms with Crippen molar-refractivity contribution < 1.29 is 17.2 Å². The zero-order chi connectivity index (χ0) is 21.3. The number of hydrogen-bond donors (Lipinski definition) is 0. The van der Waals surface area contributed by atoms with E-state index in [0.717, 1.165) is 55.9 Å². The van der Waals surface area contributed by atoms with E-state index in [1.807, 2.05) is 17.0 Å². The Hall–Kier alpha value is -2.33. The Labute approximate surface area is 175 Å². The van der Waals surface area contributed by atoms with Crippen molar-refractivity contribution in [2.24, 2.45) is 5.92 Å². The van der Waals surface area contributed by atoms with Crippen LogP contribution in [-0.4, -0.2) is 62.2 Å². The Morgan fingerprint density at radius 2 is 1.43 bits per heavy atom. The molecule has 2 aromatic rings. The summed E-state index contributed by atoms with van der Waals surface area (Å²) in [6, 6.07) is 6.31. The molecule has 0 N–H and O–H groups in total. The molecule has 30 heavy (non-hydrogen) atoms. The topological polar surface area (TPSA) is 69.6 Å². The molecule has 3 heterocycles. The quantitative estimate of drug-likeness (QED) is 0.732. The Morgan fingerprint density at radius 1 is 0.867 bits per heavy atom. The van der Waals surface area contributed by atoms with E-state index in [-0.39, 0.29) is 13.1 Å². The summed E-state index contributed by atoms with van der Waals surface area (Å²) in [4.78, 5) is 3.55. The largest absolute Gasteiger partial charge is 0.355 e. The van der Waals surface area contributed by atoms with E-state index < -0.39 is 26.6 Å². The minimum atomic E-state index is -4.10. The third-order valence-corrected chi connectivity index (χ3v) is 7.73. The number of aromatic nitrogens is 2. The van der Waals surface area contributed by atoms with Crippen LogP contribution in [0.2, 0.25) is 0 Å². The highest BCUT2D eigenvalue weighted by molar-refractivity contribution is 7.89. The van der Waals surface area contributed by atoms with Gasteiger partial charge in [-0.1, -0.05) is 6.92 Å². The van der Waals surface area contributed by atoms with Crippen molar-refractivity contribution in [1.82, 2.24) is 14.5 Å². The lowest BCUT2D eigenvalue weighted by Gasteiger charge is -2.35. The standard InChI is InChI=1S/C20H25F2N5O2S/c1-15-6-8-25(9-7-15)19-4-5-20(24-23-19)26-10-12-27(13-11-26)30(28,29)18-14-16(21)2-3-17(18)22/h2-5,14-15H,6-13H2,1H3. The molecule has 2 aliphatic rings. The Kier molecular flexibility index (Phi) is 5.88. The van der Waals surface area contributed by atoms with E-state index in [9.17, 15) is 17.2 Å². The van der Waals surface area contributed by atoms with Crippen LogP contribution in [0.5, 0.6) is 0 Å². The second-order valence-electron chi connectivity index (χ2n) is 7.89. The Balaban J connectivity index is 1.40. The van der Waals surface area contributed by atoms with Crippen LogP contribution in [0.3, 0.4) is 0 Å². The Bertz CT molecular complexity index is 987. The molecule has 4 rings (SSSR count). The van der Waals surface area contributed by atoms with Gasteiger partial charge >= 0.3 is 0 Å². The van der Waals surface area contributed by atoms with Crippen molar-refractivity contribution in [3.05, 3.63) is 42.0 Å². The zero-order valence-corrected chi connectivity index (χ0v) is 17.7. The maximum absolute atomic E-state index is 14.0. The molecule has 2 fully saturated rings. The van der Waals surface area contributed by atoms with Crippen LogP contribution in [0.1, 0.15) is 19.8 Å². The van der Waals surface area contributed by atoms with Gasteiger partial charge in [-0.25, -0.2) is 17.2 Å². The summed E-state index contributed by atoms with van der Waals surface area (Å²) in [7, 11) is -4.10. The molecule has 1 aromatic carbocycles. The molecule has 0 saturated carbocycles.